The molecule has 7 nitrogen and oxygen atoms in total. The molecule has 0 aliphatic heterocycles. The quantitative estimate of drug-likeness (QED) is 0.638. The number of hydrogen-bond acceptors (Lipinski definition) is 5. The average molecular weight is 286 g/mol. The van der Waals surface area contributed by atoms with Gasteiger partial charge >= 0.3 is 0 Å². The maximum atomic E-state index is 11.0. The number of nitrogens with zero attached hydrogens (tertiary/aromatic N) is 4. The number of nitro benzene ring substituents is 1. The van der Waals surface area contributed by atoms with Crippen molar-refractivity contribution in [2.24, 2.45) is 7.05 Å². The molecule has 0 saturated heterocycles. The molecule has 21 heavy (non-hydrogen) atoms. The van der Waals surface area contributed by atoms with Crippen molar-refractivity contribution in [2.75, 3.05) is 0 Å². The van der Waals surface area contributed by atoms with Gasteiger partial charge in [-0.3, -0.25) is 10.1 Å². The molecule has 1 heterocycles. The van der Waals surface area contributed by atoms with Gasteiger partial charge in [0.15, 0.2) is 0 Å². The van der Waals surface area contributed by atoms with Crippen LogP contribution in [0, 0.1) is 42.2 Å². The van der Waals surface area contributed by atoms with Gasteiger partial charge in [0.05, 0.1) is 16.7 Å². The summed E-state index contributed by atoms with van der Waals surface area (Å²) in [5.41, 5.74) is 2.16. The van der Waals surface area contributed by atoms with Gasteiger partial charge in [-0.2, -0.15) is 10.4 Å². The van der Waals surface area contributed by atoms with Crippen LogP contribution in [0.4, 0.5) is 5.69 Å². The Morgan fingerprint density at radius 1 is 1.33 bits per heavy atom. The Balaban J connectivity index is 2.53. The lowest BCUT2D eigenvalue weighted by Gasteiger charge is -2.10. The summed E-state index contributed by atoms with van der Waals surface area (Å²) in [5.74, 6) is 0.614. The molecule has 2 rings (SSSR count). The number of ether oxygens (including phenoxy) is 1. The zero-order valence-corrected chi connectivity index (χ0v) is 12.2. The molecule has 0 bridgehead atoms. The van der Waals surface area contributed by atoms with Crippen LogP contribution in [0.3, 0.4) is 0 Å². The second-order valence-electron chi connectivity index (χ2n) is 4.76. The minimum atomic E-state index is -0.457. The van der Waals surface area contributed by atoms with Gasteiger partial charge in [-0.05, 0) is 32.4 Å². The topological polar surface area (TPSA) is 94.0 Å². The van der Waals surface area contributed by atoms with Crippen LogP contribution in [-0.4, -0.2) is 14.7 Å². The van der Waals surface area contributed by atoms with E-state index in [-0.39, 0.29) is 11.6 Å². The summed E-state index contributed by atoms with van der Waals surface area (Å²) < 4.78 is 7.15. The van der Waals surface area contributed by atoms with Gasteiger partial charge < -0.3 is 4.74 Å². The lowest BCUT2D eigenvalue weighted by Crippen LogP contribution is -1.99. The lowest BCUT2D eigenvalue weighted by molar-refractivity contribution is -0.385. The van der Waals surface area contributed by atoms with E-state index in [1.165, 1.54) is 10.7 Å². The number of rotatable bonds is 3. The van der Waals surface area contributed by atoms with Crippen molar-refractivity contribution in [1.82, 2.24) is 9.78 Å². The average Bonchev–Trinajstić information content (AvgIpc) is 2.66. The van der Waals surface area contributed by atoms with Gasteiger partial charge in [0.1, 0.15) is 17.4 Å². The molecule has 0 aliphatic carbocycles. The molecule has 7 heteroatoms. The number of nitriles is 1. The van der Waals surface area contributed by atoms with Gasteiger partial charge in [-0.25, -0.2) is 4.68 Å². The summed E-state index contributed by atoms with van der Waals surface area (Å²) in [7, 11) is 1.65. The SMILES string of the molecule is Cc1cc(C)c([N+](=O)[O-])cc1Oc1c(C#N)c(C)nn1C. The van der Waals surface area contributed by atoms with E-state index in [9.17, 15) is 10.1 Å². The van der Waals surface area contributed by atoms with E-state index >= 15 is 0 Å². The smallest absolute Gasteiger partial charge is 0.276 e. The summed E-state index contributed by atoms with van der Waals surface area (Å²) in [6.45, 7) is 5.17. The van der Waals surface area contributed by atoms with Crippen molar-refractivity contribution in [1.29, 1.82) is 5.26 Å². The maximum absolute atomic E-state index is 11.0. The van der Waals surface area contributed by atoms with E-state index in [2.05, 4.69) is 5.10 Å². The molecule has 0 saturated carbocycles. The van der Waals surface area contributed by atoms with Crippen LogP contribution in [0.5, 0.6) is 11.6 Å². The molecule has 2 aromatic rings. The summed E-state index contributed by atoms with van der Waals surface area (Å²) >= 11 is 0. The molecule has 0 aliphatic rings. The normalized spacial score (nSPS) is 10.2. The van der Waals surface area contributed by atoms with Crippen molar-refractivity contribution in [3.8, 4) is 17.7 Å². The highest BCUT2D eigenvalue weighted by Crippen LogP contribution is 2.33. The second-order valence-corrected chi connectivity index (χ2v) is 4.76. The summed E-state index contributed by atoms with van der Waals surface area (Å²) in [5, 5.41) is 24.3. The lowest BCUT2D eigenvalue weighted by atomic mass is 10.1. The summed E-state index contributed by atoms with van der Waals surface area (Å²) in [4.78, 5) is 10.6. The van der Waals surface area contributed by atoms with Crippen LogP contribution in [0.25, 0.3) is 0 Å². The van der Waals surface area contributed by atoms with Gasteiger partial charge in [0, 0.05) is 12.6 Å². The molecular weight excluding hydrogens is 272 g/mol. The van der Waals surface area contributed by atoms with Gasteiger partial charge in [-0.15, -0.1) is 0 Å². The Bertz CT molecular complexity index is 772. The fourth-order valence-electron chi connectivity index (χ4n) is 2.12. The summed E-state index contributed by atoms with van der Waals surface area (Å²) in [6, 6.07) is 5.08. The zero-order valence-electron chi connectivity index (χ0n) is 12.2. The van der Waals surface area contributed by atoms with Gasteiger partial charge in [0.2, 0.25) is 5.88 Å². The van der Waals surface area contributed by atoms with E-state index in [1.807, 2.05) is 6.07 Å². The van der Waals surface area contributed by atoms with E-state index < -0.39 is 4.92 Å². The first-order valence-corrected chi connectivity index (χ1v) is 6.22. The van der Waals surface area contributed by atoms with Crippen molar-refractivity contribution < 1.29 is 9.66 Å². The predicted molar refractivity (Wildman–Crippen MR) is 75.3 cm³/mol. The number of aromatic nitrogens is 2. The van der Waals surface area contributed by atoms with E-state index in [0.717, 1.165) is 5.56 Å². The summed E-state index contributed by atoms with van der Waals surface area (Å²) in [6.07, 6.45) is 0. The molecule has 1 aromatic heterocycles. The Hall–Kier alpha value is -2.88. The Morgan fingerprint density at radius 2 is 2.00 bits per heavy atom. The molecule has 108 valence electrons. The monoisotopic (exact) mass is 286 g/mol. The first kappa shape index (κ1) is 14.5. The molecule has 1 aromatic carbocycles. The first-order valence-electron chi connectivity index (χ1n) is 6.22. The third-order valence-electron chi connectivity index (χ3n) is 3.18. The second kappa shape index (κ2) is 5.25. The van der Waals surface area contributed by atoms with Crippen LogP contribution in [0.2, 0.25) is 0 Å². The van der Waals surface area contributed by atoms with Crippen molar-refractivity contribution in [3.05, 3.63) is 44.6 Å². The molecular formula is C14H14N4O3. The number of aryl methyl sites for hydroxylation is 4. The van der Waals surface area contributed by atoms with E-state index in [0.29, 0.717) is 22.6 Å². The van der Waals surface area contributed by atoms with Gasteiger partial charge in [-0.1, -0.05) is 0 Å². The Kier molecular flexibility index (Phi) is 3.63. The molecule has 0 unspecified atom stereocenters. The third kappa shape index (κ3) is 2.56. The van der Waals surface area contributed by atoms with E-state index in [1.54, 1.807) is 33.9 Å². The standard InChI is InChI=1S/C14H14N4O3/c1-8-5-9(2)13(6-12(8)18(19)20)21-14-11(7-15)10(3)16-17(14)4/h5-6H,1-4H3. The van der Waals surface area contributed by atoms with E-state index in [4.69, 9.17) is 10.00 Å². The Morgan fingerprint density at radius 3 is 2.57 bits per heavy atom. The minimum Gasteiger partial charge on any atom is -0.437 e. The maximum Gasteiger partial charge on any atom is 0.276 e. The highest BCUT2D eigenvalue weighted by molar-refractivity contribution is 5.52. The molecule has 0 N–H and O–H groups in total. The molecule has 0 radical (unpaired) electrons. The Labute approximate surface area is 121 Å². The molecule has 0 spiro atoms. The minimum absolute atomic E-state index is 0.0204. The number of hydrogen-bond donors (Lipinski definition) is 0. The number of benzene rings is 1. The van der Waals surface area contributed by atoms with Crippen molar-refractivity contribution in [2.45, 2.75) is 20.8 Å². The van der Waals surface area contributed by atoms with Crippen LogP contribution in [-0.2, 0) is 7.05 Å². The largest absolute Gasteiger partial charge is 0.437 e. The number of nitro groups is 1. The highest BCUT2D eigenvalue weighted by atomic mass is 16.6. The highest BCUT2D eigenvalue weighted by Gasteiger charge is 2.19. The van der Waals surface area contributed by atoms with Crippen LogP contribution >= 0.6 is 0 Å². The van der Waals surface area contributed by atoms with Crippen molar-refractivity contribution >= 4 is 5.69 Å². The fourth-order valence-corrected chi connectivity index (χ4v) is 2.12. The zero-order chi connectivity index (χ0) is 15.7. The first-order chi connectivity index (χ1) is 9.85. The molecule has 0 fully saturated rings. The van der Waals surface area contributed by atoms with Crippen LogP contribution in [0.15, 0.2) is 12.1 Å². The predicted octanol–water partition coefficient (Wildman–Crippen LogP) is 2.92. The van der Waals surface area contributed by atoms with Crippen LogP contribution < -0.4 is 4.74 Å². The fraction of sp³-hybridized carbons (Fsp3) is 0.286. The van der Waals surface area contributed by atoms with Crippen LogP contribution in [0.1, 0.15) is 22.4 Å². The molecule has 0 atom stereocenters. The third-order valence-corrected chi connectivity index (χ3v) is 3.18. The van der Waals surface area contributed by atoms with Crippen molar-refractivity contribution in [3.63, 3.8) is 0 Å². The van der Waals surface area contributed by atoms with Gasteiger partial charge in [0.25, 0.3) is 5.69 Å². The molecule has 0 amide bonds.